The molecule has 6 nitrogen and oxygen atoms in total. The van der Waals surface area contributed by atoms with Crippen LogP contribution in [0.2, 0.25) is 0 Å². The third-order valence-corrected chi connectivity index (χ3v) is 1.83. The maximum absolute atomic E-state index is 11.0. The molecule has 0 aliphatic heterocycles. The van der Waals surface area contributed by atoms with Crippen LogP contribution in [0.3, 0.4) is 0 Å². The lowest BCUT2D eigenvalue weighted by molar-refractivity contribution is -0.119. The number of aliphatic hydroxyl groups is 4. The Kier molecular flexibility index (Phi) is 6.11. The molecule has 0 bridgehead atoms. The molecule has 0 spiro atoms. The second-order valence-electron chi connectivity index (χ2n) is 3.30. The van der Waals surface area contributed by atoms with Crippen LogP contribution in [0.4, 0.5) is 0 Å². The molecule has 3 unspecified atom stereocenters. The van der Waals surface area contributed by atoms with E-state index < -0.39 is 30.8 Å². The monoisotopic (exact) mass is 219 g/mol. The van der Waals surface area contributed by atoms with Gasteiger partial charge < -0.3 is 25.7 Å². The van der Waals surface area contributed by atoms with E-state index >= 15 is 0 Å². The van der Waals surface area contributed by atoms with Crippen LogP contribution in [0, 0.1) is 0 Å². The molecule has 0 saturated heterocycles. The van der Waals surface area contributed by atoms with Crippen molar-refractivity contribution in [1.82, 2.24) is 5.32 Å². The van der Waals surface area contributed by atoms with Crippen molar-refractivity contribution >= 4 is 5.91 Å². The largest absolute Gasteiger partial charge is 0.394 e. The Morgan fingerprint density at radius 2 is 1.87 bits per heavy atom. The third-order valence-electron chi connectivity index (χ3n) is 1.83. The van der Waals surface area contributed by atoms with Gasteiger partial charge in [-0.15, -0.1) is 0 Å². The van der Waals surface area contributed by atoms with Gasteiger partial charge in [-0.25, -0.2) is 0 Å². The maximum Gasteiger partial charge on any atom is 0.246 e. The molecule has 0 aromatic heterocycles. The zero-order chi connectivity index (χ0) is 12.0. The van der Waals surface area contributed by atoms with E-state index in [1.807, 2.05) is 0 Å². The molecular weight excluding hydrogens is 202 g/mol. The second kappa shape index (κ2) is 6.52. The molecule has 0 aromatic rings. The topological polar surface area (TPSA) is 110 Å². The van der Waals surface area contributed by atoms with Crippen molar-refractivity contribution in [2.45, 2.75) is 25.2 Å². The lowest BCUT2D eigenvalue weighted by Gasteiger charge is -2.21. The van der Waals surface area contributed by atoms with Crippen LogP contribution < -0.4 is 5.32 Å². The van der Waals surface area contributed by atoms with Crippen molar-refractivity contribution in [2.75, 3.05) is 13.2 Å². The van der Waals surface area contributed by atoms with Gasteiger partial charge in [-0.1, -0.05) is 6.58 Å². The Hall–Kier alpha value is -0.950. The molecule has 5 N–H and O–H groups in total. The minimum absolute atomic E-state index is 0.218. The standard InChI is InChI=1S/C9H17NO5/c1-5(2)9(15)10-3-6(12)8(14)7(13)4-11/h6-8,11-14H,1,3-4H2,2H3,(H,10,15). The number of aliphatic hydroxyl groups excluding tert-OH is 4. The number of carbonyl (C=O) groups excluding carboxylic acids is 1. The van der Waals surface area contributed by atoms with Crippen molar-refractivity contribution in [2.24, 2.45) is 0 Å². The van der Waals surface area contributed by atoms with Gasteiger partial charge in [-0.05, 0) is 6.92 Å². The van der Waals surface area contributed by atoms with E-state index in [1.165, 1.54) is 6.92 Å². The lowest BCUT2D eigenvalue weighted by Crippen LogP contribution is -2.45. The highest BCUT2D eigenvalue weighted by Crippen LogP contribution is 1.99. The first-order valence-electron chi connectivity index (χ1n) is 4.49. The van der Waals surface area contributed by atoms with Gasteiger partial charge in [-0.3, -0.25) is 4.79 Å². The number of carbonyl (C=O) groups is 1. The van der Waals surface area contributed by atoms with Gasteiger partial charge in [-0.2, -0.15) is 0 Å². The average Bonchev–Trinajstić information content (AvgIpc) is 2.22. The van der Waals surface area contributed by atoms with E-state index in [9.17, 15) is 15.0 Å². The summed E-state index contributed by atoms with van der Waals surface area (Å²) in [4.78, 5) is 11.0. The zero-order valence-electron chi connectivity index (χ0n) is 8.55. The highest BCUT2D eigenvalue weighted by Gasteiger charge is 2.24. The molecule has 3 atom stereocenters. The van der Waals surface area contributed by atoms with Crippen LogP contribution >= 0.6 is 0 Å². The normalized spacial score (nSPS) is 16.6. The fourth-order valence-electron chi connectivity index (χ4n) is 0.833. The molecule has 1 amide bonds. The number of amides is 1. The smallest absolute Gasteiger partial charge is 0.246 e. The SMILES string of the molecule is C=C(C)C(=O)NCC(O)C(O)C(O)CO. The maximum atomic E-state index is 11.0. The van der Waals surface area contributed by atoms with Crippen molar-refractivity contribution in [3.63, 3.8) is 0 Å². The van der Waals surface area contributed by atoms with Crippen LogP contribution in [-0.4, -0.2) is 57.8 Å². The van der Waals surface area contributed by atoms with Crippen molar-refractivity contribution in [3.05, 3.63) is 12.2 Å². The predicted octanol–water partition coefficient (Wildman–Crippen LogP) is -2.25. The van der Waals surface area contributed by atoms with Gasteiger partial charge in [0.15, 0.2) is 0 Å². The quantitative estimate of drug-likeness (QED) is 0.324. The first-order chi connectivity index (χ1) is 6.90. The van der Waals surface area contributed by atoms with E-state index in [-0.39, 0.29) is 12.1 Å². The van der Waals surface area contributed by atoms with E-state index in [4.69, 9.17) is 10.2 Å². The summed E-state index contributed by atoms with van der Waals surface area (Å²) in [6, 6.07) is 0. The van der Waals surface area contributed by atoms with Gasteiger partial charge >= 0.3 is 0 Å². The van der Waals surface area contributed by atoms with Gasteiger partial charge in [0.05, 0.1) is 12.7 Å². The molecular formula is C9H17NO5. The summed E-state index contributed by atoms with van der Waals surface area (Å²) in [5.41, 5.74) is 0.277. The molecule has 0 fully saturated rings. The third kappa shape index (κ3) is 4.89. The summed E-state index contributed by atoms with van der Waals surface area (Å²) < 4.78 is 0. The highest BCUT2D eigenvalue weighted by molar-refractivity contribution is 5.92. The number of nitrogens with one attached hydrogen (secondary N) is 1. The van der Waals surface area contributed by atoms with Gasteiger partial charge in [0.1, 0.15) is 12.2 Å². The fourth-order valence-corrected chi connectivity index (χ4v) is 0.833. The highest BCUT2D eigenvalue weighted by atomic mass is 16.4. The minimum Gasteiger partial charge on any atom is -0.394 e. The molecule has 6 heteroatoms. The predicted molar refractivity (Wildman–Crippen MR) is 52.9 cm³/mol. The van der Waals surface area contributed by atoms with Crippen LogP contribution in [0.1, 0.15) is 6.92 Å². The lowest BCUT2D eigenvalue weighted by atomic mass is 10.1. The van der Waals surface area contributed by atoms with E-state index in [1.54, 1.807) is 0 Å². The number of hydrogen-bond donors (Lipinski definition) is 5. The van der Waals surface area contributed by atoms with Crippen molar-refractivity contribution < 1.29 is 25.2 Å². The van der Waals surface area contributed by atoms with E-state index in [0.717, 1.165) is 0 Å². The van der Waals surface area contributed by atoms with Crippen LogP contribution in [0.25, 0.3) is 0 Å². The average molecular weight is 219 g/mol. The molecule has 0 aliphatic rings. The fraction of sp³-hybridized carbons (Fsp3) is 0.667. The van der Waals surface area contributed by atoms with Crippen molar-refractivity contribution in [3.8, 4) is 0 Å². The molecule has 88 valence electrons. The van der Waals surface area contributed by atoms with Crippen LogP contribution in [-0.2, 0) is 4.79 Å². The Bertz CT molecular complexity index is 231. The second-order valence-corrected chi connectivity index (χ2v) is 3.30. The molecule has 0 aromatic carbocycles. The molecule has 15 heavy (non-hydrogen) atoms. The Labute approximate surface area is 87.9 Å². The van der Waals surface area contributed by atoms with E-state index in [2.05, 4.69) is 11.9 Å². The summed E-state index contributed by atoms with van der Waals surface area (Å²) in [5.74, 6) is -0.445. The Morgan fingerprint density at radius 3 is 2.27 bits per heavy atom. The molecule has 0 aliphatic carbocycles. The van der Waals surface area contributed by atoms with Gasteiger partial charge in [0, 0.05) is 12.1 Å². The molecule has 0 radical (unpaired) electrons. The first kappa shape index (κ1) is 14.1. The summed E-state index contributed by atoms with van der Waals surface area (Å²) in [6.45, 7) is 4.01. The van der Waals surface area contributed by atoms with Crippen LogP contribution in [0.5, 0.6) is 0 Å². The van der Waals surface area contributed by atoms with Crippen molar-refractivity contribution in [1.29, 1.82) is 0 Å². The summed E-state index contributed by atoms with van der Waals surface area (Å²) >= 11 is 0. The number of rotatable bonds is 6. The van der Waals surface area contributed by atoms with Gasteiger partial charge in [0.25, 0.3) is 0 Å². The Morgan fingerprint density at radius 1 is 1.33 bits per heavy atom. The van der Waals surface area contributed by atoms with Gasteiger partial charge in [0.2, 0.25) is 5.91 Å². The van der Waals surface area contributed by atoms with Crippen LogP contribution in [0.15, 0.2) is 12.2 Å². The molecule has 0 saturated carbocycles. The molecule has 0 heterocycles. The minimum atomic E-state index is -1.50. The number of hydrogen-bond acceptors (Lipinski definition) is 5. The molecule has 0 rings (SSSR count). The summed E-state index contributed by atoms with van der Waals surface area (Å²) in [6.07, 6.45) is -4.27. The summed E-state index contributed by atoms with van der Waals surface area (Å²) in [7, 11) is 0. The van der Waals surface area contributed by atoms with E-state index in [0.29, 0.717) is 0 Å². The Balaban J connectivity index is 3.98. The summed E-state index contributed by atoms with van der Waals surface area (Å²) in [5, 5.41) is 38.3. The first-order valence-corrected chi connectivity index (χ1v) is 4.49. The zero-order valence-corrected chi connectivity index (χ0v) is 8.55.